The Balaban J connectivity index is 2.45. The van der Waals surface area contributed by atoms with E-state index < -0.39 is 18.8 Å². The number of carbonyl (C=O) groups is 1. The van der Waals surface area contributed by atoms with Crippen molar-refractivity contribution in [1.82, 2.24) is 4.98 Å². The van der Waals surface area contributed by atoms with Gasteiger partial charge in [-0.15, -0.1) is 11.3 Å². The van der Waals surface area contributed by atoms with E-state index in [9.17, 15) is 9.36 Å². The molecule has 1 aromatic heterocycles. The molecule has 0 saturated carbocycles. The number of nitrogens with zero attached hydrogens (tertiary/aromatic N) is 1. The number of aromatic nitrogens is 1. The zero-order valence-electron chi connectivity index (χ0n) is 13.8. The van der Waals surface area contributed by atoms with E-state index in [0.29, 0.717) is 23.1 Å². The zero-order valence-corrected chi connectivity index (χ0v) is 15.6. The second-order valence-electron chi connectivity index (χ2n) is 5.94. The molecule has 8 heteroatoms. The number of amides is 1. The summed E-state index contributed by atoms with van der Waals surface area (Å²) in [5.74, 6) is 0. The first kappa shape index (κ1) is 19.1. The number of anilines is 1. The number of carbonyl (C=O) groups excluding carboxylic acids is 1. The van der Waals surface area contributed by atoms with Crippen molar-refractivity contribution in [2.24, 2.45) is 0 Å². The van der Waals surface area contributed by atoms with Crippen LogP contribution < -0.4 is 5.32 Å². The smallest absolute Gasteiger partial charge is 0.413 e. The van der Waals surface area contributed by atoms with Crippen LogP contribution in [0.15, 0.2) is 5.38 Å². The Morgan fingerprint density at radius 3 is 2.55 bits per heavy atom. The van der Waals surface area contributed by atoms with Gasteiger partial charge in [0.25, 0.3) is 0 Å². The van der Waals surface area contributed by atoms with Crippen LogP contribution in [0, 0.1) is 0 Å². The maximum Gasteiger partial charge on any atom is 0.413 e. The van der Waals surface area contributed by atoms with Crippen LogP contribution in [0.2, 0.25) is 0 Å². The Hall–Kier alpha value is -0.910. The minimum Gasteiger partial charge on any atom is -0.444 e. The number of hydrogen-bond donors (Lipinski definition) is 1. The summed E-state index contributed by atoms with van der Waals surface area (Å²) >= 11 is 1.30. The summed E-state index contributed by atoms with van der Waals surface area (Å²) in [5.41, 5.74) is 0.157. The van der Waals surface area contributed by atoms with E-state index >= 15 is 0 Å². The first-order valence-electron chi connectivity index (χ1n) is 7.26. The molecule has 1 aromatic rings. The van der Waals surface area contributed by atoms with E-state index in [2.05, 4.69) is 10.3 Å². The fourth-order valence-corrected chi connectivity index (χ4v) is 3.46. The van der Waals surface area contributed by atoms with Crippen LogP contribution in [-0.4, -0.2) is 35.4 Å². The fourth-order valence-electron chi connectivity index (χ4n) is 1.54. The Bertz CT molecular complexity index is 531. The SMILES string of the molecule is CCP(=O)(CC)COCc1csc(NC(=O)OC(C)(C)C)n1. The van der Waals surface area contributed by atoms with Crippen LogP contribution in [0.25, 0.3) is 0 Å². The van der Waals surface area contributed by atoms with E-state index in [1.165, 1.54) is 11.3 Å². The number of hydrogen-bond acceptors (Lipinski definition) is 6. The van der Waals surface area contributed by atoms with Crippen LogP contribution in [0.4, 0.5) is 9.93 Å². The van der Waals surface area contributed by atoms with Gasteiger partial charge in [-0.3, -0.25) is 5.32 Å². The first-order chi connectivity index (χ1) is 10.2. The summed E-state index contributed by atoms with van der Waals surface area (Å²) < 4.78 is 22.9. The third-order valence-electron chi connectivity index (χ3n) is 2.89. The van der Waals surface area contributed by atoms with Crippen molar-refractivity contribution in [2.75, 3.05) is 24.0 Å². The molecule has 0 aliphatic rings. The molecular weight excluding hydrogens is 323 g/mol. The maximum atomic E-state index is 12.2. The summed E-state index contributed by atoms with van der Waals surface area (Å²) in [5, 5.41) is 4.85. The average molecular weight is 348 g/mol. The summed E-state index contributed by atoms with van der Waals surface area (Å²) in [7, 11) is -2.19. The van der Waals surface area contributed by atoms with Crippen molar-refractivity contribution >= 4 is 29.7 Å². The molecule has 1 heterocycles. The van der Waals surface area contributed by atoms with Gasteiger partial charge in [-0.05, 0) is 20.8 Å². The molecule has 1 N–H and O–H groups in total. The largest absolute Gasteiger partial charge is 0.444 e. The lowest BCUT2D eigenvalue weighted by Crippen LogP contribution is -2.27. The minimum atomic E-state index is -2.19. The van der Waals surface area contributed by atoms with Gasteiger partial charge in [-0.2, -0.15) is 0 Å². The normalized spacial score (nSPS) is 12.2. The second kappa shape index (κ2) is 8.09. The van der Waals surface area contributed by atoms with Gasteiger partial charge in [0.05, 0.1) is 12.3 Å². The quantitative estimate of drug-likeness (QED) is 0.741. The molecule has 0 aliphatic heterocycles. The van der Waals surface area contributed by atoms with Gasteiger partial charge in [-0.1, -0.05) is 13.8 Å². The van der Waals surface area contributed by atoms with E-state index in [1.807, 2.05) is 13.8 Å². The predicted octanol–water partition coefficient (Wildman–Crippen LogP) is 4.37. The Morgan fingerprint density at radius 1 is 1.36 bits per heavy atom. The summed E-state index contributed by atoms with van der Waals surface area (Å²) in [4.78, 5) is 15.9. The topological polar surface area (TPSA) is 77.5 Å². The van der Waals surface area contributed by atoms with E-state index in [4.69, 9.17) is 9.47 Å². The maximum absolute atomic E-state index is 12.2. The molecule has 0 fully saturated rings. The molecule has 0 radical (unpaired) electrons. The summed E-state index contributed by atoms with van der Waals surface area (Å²) in [6, 6.07) is 0. The van der Waals surface area contributed by atoms with Crippen molar-refractivity contribution in [3.8, 4) is 0 Å². The van der Waals surface area contributed by atoms with Crippen molar-refractivity contribution < 1.29 is 18.8 Å². The van der Waals surface area contributed by atoms with Crippen molar-refractivity contribution in [3.63, 3.8) is 0 Å². The van der Waals surface area contributed by atoms with Gasteiger partial charge in [-0.25, -0.2) is 9.78 Å². The number of thiazole rings is 1. The molecular formula is C14H25N2O4PS. The lowest BCUT2D eigenvalue weighted by atomic mass is 10.2. The van der Waals surface area contributed by atoms with Gasteiger partial charge in [0.1, 0.15) is 19.1 Å². The molecule has 0 unspecified atom stereocenters. The van der Waals surface area contributed by atoms with Gasteiger partial charge in [0, 0.05) is 17.7 Å². The molecule has 1 amide bonds. The molecule has 0 atom stereocenters. The highest BCUT2D eigenvalue weighted by Crippen LogP contribution is 2.44. The number of nitrogens with one attached hydrogen (secondary N) is 1. The standard InChI is InChI=1S/C14H25N2O4PS/c1-6-21(18,7-2)10-19-8-11-9-22-12(15-11)16-13(17)20-14(3,4)5/h9H,6-8,10H2,1-5H3,(H,15,16,17). The lowest BCUT2D eigenvalue weighted by Gasteiger charge is -2.18. The highest BCUT2D eigenvalue weighted by atomic mass is 32.1. The Kier molecular flexibility index (Phi) is 7.03. The van der Waals surface area contributed by atoms with Crippen molar-refractivity contribution in [3.05, 3.63) is 11.1 Å². The molecule has 0 bridgehead atoms. The molecule has 22 heavy (non-hydrogen) atoms. The highest BCUT2D eigenvalue weighted by Gasteiger charge is 2.18. The minimum absolute atomic E-state index is 0.270. The molecule has 0 aliphatic carbocycles. The van der Waals surface area contributed by atoms with Gasteiger partial charge in [0.15, 0.2) is 5.13 Å². The molecule has 0 aromatic carbocycles. The molecule has 1 rings (SSSR count). The van der Waals surface area contributed by atoms with Crippen molar-refractivity contribution in [2.45, 2.75) is 46.8 Å². The second-order valence-corrected chi connectivity index (χ2v) is 10.4. The van der Waals surface area contributed by atoms with Crippen molar-refractivity contribution in [1.29, 1.82) is 0 Å². The van der Waals surface area contributed by atoms with Crippen LogP contribution in [0.3, 0.4) is 0 Å². The molecule has 0 saturated heterocycles. The Morgan fingerprint density at radius 2 is 2.00 bits per heavy atom. The first-order valence-corrected chi connectivity index (χ1v) is 10.4. The van der Waals surface area contributed by atoms with E-state index in [-0.39, 0.29) is 13.0 Å². The van der Waals surface area contributed by atoms with Crippen LogP contribution in [0.5, 0.6) is 0 Å². The monoisotopic (exact) mass is 348 g/mol. The van der Waals surface area contributed by atoms with E-state index in [0.717, 1.165) is 0 Å². The van der Waals surface area contributed by atoms with E-state index in [1.54, 1.807) is 26.2 Å². The molecule has 126 valence electrons. The van der Waals surface area contributed by atoms with Gasteiger partial charge < -0.3 is 14.0 Å². The van der Waals surface area contributed by atoms with Crippen LogP contribution >= 0.6 is 18.5 Å². The highest BCUT2D eigenvalue weighted by molar-refractivity contribution is 7.63. The third kappa shape index (κ3) is 6.90. The summed E-state index contributed by atoms with van der Waals surface area (Å²) in [6.07, 6.45) is 1.03. The van der Waals surface area contributed by atoms with Gasteiger partial charge in [0.2, 0.25) is 0 Å². The number of ether oxygens (including phenoxy) is 2. The zero-order chi connectivity index (χ0) is 16.8. The molecule has 0 spiro atoms. The number of rotatable bonds is 7. The lowest BCUT2D eigenvalue weighted by molar-refractivity contribution is 0.0636. The van der Waals surface area contributed by atoms with Crippen LogP contribution in [-0.2, 0) is 20.6 Å². The fraction of sp³-hybridized carbons (Fsp3) is 0.714. The average Bonchev–Trinajstić information content (AvgIpc) is 2.83. The predicted molar refractivity (Wildman–Crippen MR) is 90.3 cm³/mol. The third-order valence-corrected chi connectivity index (χ3v) is 6.65. The summed E-state index contributed by atoms with van der Waals surface area (Å²) in [6.45, 7) is 9.52. The Labute approximate surface area is 136 Å². The van der Waals surface area contributed by atoms with Gasteiger partial charge >= 0.3 is 6.09 Å². The molecule has 6 nitrogen and oxygen atoms in total. The van der Waals surface area contributed by atoms with Crippen LogP contribution in [0.1, 0.15) is 40.3 Å².